The zero-order valence-corrected chi connectivity index (χ0v) is 17.4. The van der Waals surface area contributed by atoms with E-state index in [1.807, 2.05) is 36.4 Å². The zero-order chi connectivity index (χ0) is 21.5. The summed E-state index contributed by atoms with van der Waals surface area (Å²) in [6.45, 7) is 1.15. The van der Waals surface area contributed by atoms with E-state index in [4.69, 9.17) is 23.2 Å². The first kappa shape index (κ1) is 20.2. The van der Waals surface area contributed by atoms with Gasteiger partial charge >= 0.3 is 6.03 Å². The highest BCUT2D eigenvalue weighted by Crippen LogP contribution is 2.33. The van der Waals surface area contributed by atoms with Crippen molar-refractivity contribution in [2.75, 3.05) is 11.9 Å². The van der Waals surface area contributed by atoms with Crippen molar-refractivity contribution in [2.45, 2.75) is 12.5 Å². The monoisotopic (exact) mass is 441 g/mol. The molecule has 4 rings (SSSR count). The van der Waals surface area contributed by atoms with Crippen molar-refractivity contribution in [1.29, 1.82) is 0 Å². The summed E-state index contributed by atoms with van der Waals surface area (Å²) >= 11 is 12.0. The summed E-state index contributed by atoms with van der Waals surface area (Å²) in [6, 6.07) is 17.2. The first-order valence-corrected chi connectivity index (χ1v) is 9.92. The number of rotatable bonds is 4. The number of urea groups is 1. The van der Waals surface area contributed by atoms with Crippen molar-refractivity contribution in [3.05, 3.63) is 76.3 Å². The lowest BCUT2D eigenvalue weighted by Gasteiger charge is -2.22. The van der Waals surface area contributed by atoms with Crippen LogP contribution in [-0.2, 0) is 15.1 Å². The smallest absolute Gasteiger partial charge is 0.324 e. The zero-order valence-electron chi connectivity index (χ0n) is 15.9. The molecule has 1 unspecified atom stereocenters. The van der Waals surface area contributed by atoms with Gasteiger partial charge in [0.25, 0.3) is 5.91 Å². The molecule has 0 spiro atoms. The number of nitrogens with zero attached hydrogens (tertiary/aromatic N) is 1. The third kappa shape index (κ3) is 3.49. The number of hydrogen-bond donors (Lipinski definition) is 2. The van der Waals surface area contributed by atoms with Crippen LogP contribution in [0.3, 0.4) is 0 Å². The molecule has 0 saturated carbocycles. The predicted octanol–water partition coefficient (Wildman–Crippen LogP) is 4.55. The standard InChI is InChI=1S/C22H17Cl2N3O3/c1-22(14-9-10-16(23)17(24)11-14)20(29)27(21(30)26-22)12-19(28)25-18-8-4-6-13-5-2-3-7-15(13)18/h2-11H,12H2,1H3,(H,25,28)(H,26,30). The van der Waals surface area contributed by atoms with E-state index in [2.05, 4.69) is 10.6 Å². The molecule has 1 aliphatic rings. The molecule has 3 aromatic rings. The first-order chi connectivity index (χ1) is 14.3. The third-order valence-electron chi connectivity index (χ3n) is 5.14. The highest BCUT2D eigenvalue weighted by atomic mass is 35.5. The lowest BCUT2D eigenvalue weighted by Crippen LogP contribution is -2.42. The largest absolute Gasteiger partial charge is 0.325 e. The Kier molecular flexibility index (Phi) is 5.13. The molecule has 30 heavy (non-hydrogen) atoms. The van der Waals surface area contributed by atoms with E-state index in [1.54, 1.807) is 25.1 Å². The van der Waals surface area contributed by atoms with Gasteiger partial charge in [0, 0.05) is 11.1 Å². The van der Waals surface area contributed by atoms with Crippen molar-refractivity contribution in [3.8, 4) is 0 Å². The number of amides is 4. The molecule has 0 aliphatic carbocycles. The van der Waals surface area contributed by atoms with Crippen LogP contribution in [0.15, 0.2) is 60.7 Å². The molecule has 8 heteroatoms. The number of hydrogen-bond acceptors (Lipinski definition) is 3. The maximum absolute atomic E-state index is 13.0. The van der Waals surface area contributed by atoms with E-state index in [9.17, 15) is 14.4 Å². The van der Waals surface area contributed by atoms with Gasteiger partial charge in [0.15, 0.2) is 0 Å². The summed E-state index contributed by atoms with van der Waals surface area (Å²) in [5, 5.41) is 7.88. The van der Waals surface area contributed by atoms with Gasteiger partial charge in [-0.1, -0.05) is 65.7 Å². The van der Waals surface area contributed by atoms with Gasteiger partial charge in [0.2, 0.25) is 5.91 Å². The van der Waals surface area contributed by atoms with Crippen molar-refractivity contribution in [1.82, 2.24) is 10.2 Å². The van der Waals surface area contributed by atoms with Crippen LogP contribution in [0.2, 0.25) is 10.0 Å². The minimum absolute atomic E-state index is 0.268. The topological polar surface area (TPSA) is 78.5 Å². The summed E-state index contributed by atoms with van der Waals surface area (Å²) in [6.07, 6.45) is 0. The first-order valence-electron chi connectivity index (χ1n) is 9.17. The fourth-order valence-electron chi connectivity index (χ4n) is 3.51. The maximum atomic E-state index is 13.0. The van der Waals surface area contributed by atoms with Crippen molar-refractivity contribution in [3.63, 3.8) is 0 Å². The van der Waals surface area contributed by atoms with Crippen LogP contribution in [0.1, 0.15) is 12.5 Å². The summed E-state index contributed by atoms with van der Waals surface area (Å²) < 4.78 is 0. The molecule has 2 N–H and O–H groups in total. The highest BCUT2D eigenvalue weighted by Gasteiger charge is 2.49. The van der Waals surface area contributed by atoms with Crippen molar-refractivity contribution >= 4 is 57.5 Å². The van der Waals surface area contributed by atoms with E-state index in [0.29, 0.717) is 16.3 Å². The highest BCUT2D eigenvalue weighted by molar-refractivity contribution is 6.42. The van der Waals surface area contributed by atoms with Gasteiger partial charge in [-0.3, -0.25) is 14.5 Å². The number of benzene rings is 3. The quantitative estimate of drug-likeness (QED) is 0.582. The SMILES string of the molecule is CC1(c2ccc(Cl)c(Cl)c2)NC(=O)N(CC(=O)Nc2cccc3ccccc23)C1=O. The Hall–Kier alpha value is -3.09. The fraction of sp³-hybridized carbons (Fsp3) is 0.136. The Bertz CT molecular complexity index is 1190. The Labute approximate surface area is 182 Å². The summed E-state index contributed by atoms with van der Waals surface area (Å²) in [7, 11) is 0. The molecular weight excluding hydrogens is 425 g/mol. The molecule has 0 bridgehead atoms. The molecule has 1 heterocycles. The summed E-state index contributed by atoms with van der Waals surface area (Å²) in [4.78, 5) is 39.0. The van der Waals surface area contributed by atoms with Crippen LogP contribution in [0.25, 0.3) is 10.8 Å². The molecular formula is C22H17Cl2N3O3. The van der Waals surface area contributed by atoms with Crippen molar-refractivity contribution < 1.29 is 14.4 Å². The number of nitrogens with one attached hydrogen (secondary N) is 2. The van der Waals surface area contributed by atoms with Gasteiger partial charge in [0.05, 0.1) is 10.0 Å². The lowest BCUT2D eigenvalue weighted by molar-refractivity contribution is -0.133. The molecule has 152 valence electrons. The van der Waals surface area contributed by atoms with Crippen LogP contribution in [-0.4, -0.2) is 29.3 Å². The average Bonchev–Trinajstić information content (AvgIpc) is 2.94. The molecule has 4 amide bonds. The Morgan fingerprint density at radius 3 is 2.53 bits per heavy atom. The van der Waals surface area contributed by atoms with E-state index in [1.165, 1.54) is 6.07 Å². The molecule has 1 atom stereocenters. The summed E-state index contributed by atoms with van der Waals surface area (Å²) in [5.74, 6) is -1.02. The molecule has 1 fully saturated rings. The van der Waals surface area contributed by atoms with Crippen LogP contribution in [0.5, 0.6) is 0 Å². The second kappa shape index (κ2) is 7.63. The Morgan fingerprint density at radius 1 is 1.03 bits per heavy atom. The summed E-state index contributed by atoms with van der Waals surface area (Å²) in [5.41, 5.74) is -0.255. The predicted molar refractivity (Wildman–Crippen MR) is 117 cm³/mol. The van der Waals surface area contributed by atoms with E-state index in [0.717, 1.165) is 15.7 Å². The molecule has 0 aromatic heterocycles. The number of imide groups is 1. The van der Waals surface area contributed by atoms with Crippen LogP contribution in [0.4, 0.5) is 10.5 Å². The second-order valence-corrected chi connectivity index (χ2v) is 7.96. The van der Waals surface area contributed by atoms with Gasteiger partial charge < -0.3 is 10.6 Å². The lowest BCUT2D eigenvalue weighted by atomic mass is 9.92. The number of anilines is 1. The molecule has 0 radical (unpaired) electrons. The van der Waals surface area contributed by atoms with Crippen LogP contribution < -0.4 is 10.6 Å². The molecule has 1 saturated heterocycles. The normalized spacial score (nSPS) is 18.6. The van der Waals surface area contributed by atoms with Gasteiger partial charge in [-0.2, -0.15) is 0 Å². The number of halogens is 2. The van der Waals surface area contributed by atoms with E-state index < -0.39 is 29.9 Å². The van der Waals surface area contributed by atoms with Crippen LogP contribution in [0, 0.1) is 0 Å². The van der Waals surface area contributed by atoms with E-state index in [-0.39, 0.29) is 5.02 Å². The molecule has 1 aliphatic heterocycles. The van der Waals surface area contributed by atoms with Gasteiger partial charge in [0.1, 0.15) is 12.1 Å². The number of carbonyl (C=O) groups excluding carboxylic acids is 3. The average molecular weight is 442 g/mol. The third-order valence-corrected chi connectivity index (χ3v) is 5.88. The molecule has 3 aromatic carbocycles. The van der Waals surface area contributed by atoms with Crippen LogP contribution >= 0.6 is 23.2 Å². The Balaban J connectivity index is 1.54. The minimum Gasteiger partial charge on any atom is -0.324 e. The van der Waals surface area contributed by atoms with Gasteiger partial charge in [-0.15, -0.1) is 0 Å². The molecule has 6 nitrogen and oxygen atoms in total. The maximum Gasteiger partial charge on any atom is 0.325 e. The second-order valence-electron chi connectivity index (χ2n) is 7.15. The fourth-order valence-corrected chi connectivity index (χ4v) is 3.81. The number of fused-ring (bicyclic) bond motifs is 1. The minimum atomic E-state index is -1.34. The van der Waals surface area contributed by atoms with Gasteiger partial charge in [-0.05, 0) is 36.1 Å². The van der Waals surface area contributed by atoms with E-state index >= 15 is 0 Å². The van der Waals surface area contributed by atoms with Gasteiger partial charge in [-0.25, -0.2) is 4.79 Å². The number of carbonyl (C=O) groups is 3. The van der Waals surface area contributed by atoms with Crippen molar-refractivity contribution in [2.24, 2.45) is 0 Å². The Morgan fingerprint density at radius 2 is 1.77 bits per heavy atom.